The standard InChI is InChI=1S/C16H12ClNO3/c17-14-3-1-2-10(7-14)15(19)18-8-12-5-4-11(16(20)21)6-13(12)9-18/h1-7H,8-9H2,(H,20,21). The van der Waals surface area contributed by atoms with Crippen molar-refractivity contribution in [1.82, 2.24) is 4.90 Å². The van der Waals surface area contributed by atoms with Crippen LogP contribution in [0.3, 0.4) is 0 Å². The first kappa shape index (κ1) is 13.6. The Morgan fingerprint density at radius 1 is 1.00 bits per heavy atom. The van der Waals surface area contributed by atoms with Gasteiger partial charge in [-0.25, -0.2) is 4.79 Å². The van der Waals surface area contributed by atoms with Crippen LogP contribution in [0, 0.1) is 0 Å². The lowest BCUT2D eigenvalue weighted by atomic mass is 10.1. The van der Waals surface area contributed by atoms with E-state index < -0.39 is 5.97 Å². The summed E-state index contributed by atoms with van der Waals surface area (Å²) < 4.78 is 0. The molecule has 1 N–H and O–H groups in total. The molecule has 0 saturated heterocycles. The number of carboxylic acids is 1. The van der Waals surface area contributed by atoms with Crippen molar-refractivity contribution in [3.63, 3.8) is 0 Å². The van der Waals surface area contributed by atoms with Crippen LogP contribution in [0.1, 0.15) is 31.8 Å². The highest BCUT2D eigenvalue weighted by Crippen LogP contribution is 2.26. The Labute approximate surface area is 126 Å². The molecule has 5 heteroatoms. The average Bonchev–Trinajstić information content (AvgIpc) is 2.89. The Morgan fingerprint density at radius 2 is 1.76 bits per heavy atom. The molecule has 0 radical (unpaired) electrons. The van der Waals surface area contributed by atoms with Crippen LogP contribution in [0.5, 0.6) is 0 Å². The molecule has 106 valence electrons. The topological polar surface area (TPSA) is 57.6 Å². The first-order chi connectivity index (χ1) is 10.0. The van der Waals surface area contributed by atoms with E-state index in [0.29, 0.717) is 23.7 Å². The smallest absolute Gasteiger partial charge is 0.335 e. The van der Waals surface area contributed by atoms with Gasteiger partial charge in [-0.3, -0.25) is 4.79 Å². The van der Waals surface area contributed by atoms with E-state index in [4.69, 9.17) is 16.7 Å². The van der Waals surface area contributed by atoms with Crippen molar-refractivity contribution in [2.75, 3.05) is 0 Å². The largest absolute Gasteiger partial charge is 0.478 e. The quantitative estimate of drug-likeness (QED) is 0.926. The third kappa shape index (κ3) is 2.62. The van der Waals surface area contributed by atoms with Gasteiger partial charge in [0.25, 0.3) is 5.91 Å². The molecular formula is C16H12ClNO3. The summed E-state index contributed by atoms with van der Waals surface area (Å²) in [5.41, 5.74) is 2.64. The molecule has 0 aliphatic carbocycles. The first-order valence-corrected chi connectivity index (χ1v) is 6.82. The number of carbonyl (C=O) groups is 2. The highest BCUT2D eigenvalue weighted by molar-refractivity contribution is 6.30. The van der Waals surface area contributed by atoms with Crippen LogP contribution < -0.4 is 0 Å². The molecule has 0 saturated carbocycles. The zero-order chi connectivity index (χ0) is 15.0. The predicted molar refractivity (Wildman–Crippen MR) is 78.4 cm³/mol. The van der Waals surface area contributed by atoms with E-state index in [-0.39, 0.29) is 11.5 Å². The molecule has 2 aromatic rings. The first-order valence-electron chi connectivity index (χ1n) is 6.44. The van der Waals surface area contributed by atoms with Gasteiger partial charge in [-0.1, -0.05) is 23.7 Å². The normalized spacial score (nSPS) is 13.1. The van der Waals surface area contributed by atoms with Crippen molar-refractivity contribution < 1.29 is 14.7 Å². The number of aromatic carboxylic acids is 1. The van der Waals surface area contributed by atoms with E-state index in [1.54, 1.807) is 47.4 Å². The van der Waals surface area contributed by atoms with E-state index in [1.807, 2.05) is 0 Å². The van der Waals surface area contributed by atoms with Crippen LogP contribution in [-0.4, -0.2) is 21.9 Å². The molecule has 0 bridgehead atoms. The molecule has 0 spiro atoms. The maximum Gasteiger partial charge on any atom is 0.335 e. The molecule has 2 aromatic carbocycles. The van der Waals surface area contributed by atoms with Crippen molar-refractivity contribution in [3.05, 3.63) is 69.7 Å². The average molecular weight is 302 g/mol. The summed E-state index contributed by atoms with van der Waals surface area (Å²) in [5, 5.41) is 9.52. The Bertz CT molecular complexity index is 742. The molecule has 4 nitrogen and oxygen atoms in total. The van der Waals surface area contributed by atoms with Crippen molar-refractivity contribution in [2.45, 2.75) is 13.1 Å². The van der Waals surface area contributed by atoms with Crippen LogP contribution in [0.25, 0.3) is 0 Å². The third-order valence-electron chi connectivity index (χ3n) is 3.53. The van der Waals surface area contributed by atoms with E-state index in [9.17, 15) is 9.59 Å². The SMILES string of the molecule is O=C(O)c1ccc2c(c1)CN(C(=O)c1cccc(Cl)c1)C2. The number of carboxylic acid groups (broad SMARTS) is 1. The van der Waals surface area contributed by atoms with E-state index in [1.165, 1.54) is 0 Å². The predicted octanol–water partition coefficient (Wildman–Crippen LogP) is 3.19. The summed E-state index contributed by atoms with van der Waals surface area (Å²) in [7, 11) is 0. The summed E-state index contributed by atoms with van der Waals surface area (Å²) in [6.07, 6.45) is 0. The van der Waals surface area contributed by atoms with Gasteiger partial charge < -0.3 is 10.0 Å². The maximum absolute atomic E-state index is 12.4. The van der Waals surface area contributed by atoms with Crippen LogP contribution in [0.15, 0.2) is 42.5 Å². The number of halogens is 1. The molecule has 1 heterocycles. The van der Waals surface area contributed by atoms with E-state index in [0.717, 1.165) is 11.1 Å². The van der Waals surface area contributed by atoms with Gasteiger partial charge in [-0.05, 0) is 41.5 Å². The molecule has 21 heavy (non-hydrogen) atoms. The maximum atomic E-state index is 12.4. The minimum absolute atomic E-state index is 0.106. The number of hydrogen-bond acceptors (Lipinski definition) is 2. The highest BCUT2D eigenvalue weighted by atomic mass is 35.5. The van der Waals surface area contributed by atoms with Crippen molar-refractivity contribution >= 4 is 23.5 Å². The van der Waals surface area contributed by atoms with Crippen LogP contribution in [0.4, 0.5) is 0 Å². The lowest BCUT2D eigenvalue weighted by Crippen LogP contribution is -2.25. The number of benzene rings is 2. The van der Waals surface area contributed by atoms with Gasteiger partial charge >= 0.3 is 5.97 Å². The monoisotopic (exact) mass is 301 g/mol. The minimum atomic E-state index is -0.961. The number of carbonyl (C=O) groups excluding carboxylic acids is 1. The van der Waals surface area contributed by atoms with Gasteiger partial charge in [0.1, 0.15) is 0 Å². The molecular weight excluding hydrogens is 290 g/mol. The molecule has 0 fully saturated rings. The highest BCUT2D eigenvalue weighted by Gasteiger charge is 2.25. The van der Waals surface area contributed by atoms with Crippen molar-refractivity contribution in [1.29, 1.82) is 0 Å². The summed E-state index contributed by atoms with van der Waals surface area (Å²) in [5.74, 6) is -1.07. The zero-order valence-corrected chi connectivity index (χ0v) is 11.8. The minimum Gasteiger partial charge on any atom is -0.478 e. The van der Waals surface area contributed by atoms with Crippen LogP contribution >= 0.6 is 11.6 Å². The lowest BCUT2D eigenvalue weighted by Gasteiger charge is -2.15. The summed E-state index contributed by atoms with van der Waals surface area (Å²) in [4.78, 5) is 25.1. The van der Waals surface area contributed by atoms with Crippen molar-refractivity contribution in [3.8, 4) is 0 Å². The number of nitrogens with zero attached hydrogens (tertiary/aromatic N) is 1. The fraction of sp³-hybridized carbons (Fsp3) is 0.125. The van der Waals surface area contributed by atoms with E-state index in [2.05, 4.69) is 0 Å². The molecule has 0 aromatic heterocycles. The van der Waals surface area contributed by atoms with Gasteiger partial charge in [0.2, 0.25) is 0 Å². The Morgan fingerprint density at radius 3 is 2.48 bits per heavy atom. The van der Waals surface area contributed by atoms with Crippen LogP contribution in [-0.2, 0) is 13.1 Å². The number of fused-ring (bicyclic) bond motifs is 1. The van der Waals surface area contributed by atoms with Gasteiger partial charge in [0, 0.05) is 23.7 Å². The third-order valence-corrected chi connectivity index (χ3v) is 3.77. The van der Waals surface area contributed by atoms with Gasteiger partial charge in [-0.2, -0.15) is 0 Å². The molecule has 1 aliphatic rings. The van der Waals surface area contributed by atoms with Crippen molar-refractivity contribution in [2.24, 2.45) is 0 Å². The molecule has 1 amide bonds. The second-order valence-corrected chi connectivity index (χ2v) is 5.40. The van der Waals surface area contributed by atoms with Crippen LogP contribution in [0.2, 0.25) is 5.02 Å². The summed E-state index contributed by atoms with van der Waals surface area (Å²) >= 11 is 5.90. The molecule has 1 aliphatic heterocycles. The second-order valence-electron chi connectivity index (χ2n) is 4.96. The lowest BCUT2D eigenvalue weighted by molar-refractivity contribution is 0.0696. The number of rotatable bonds is 2. The zero-order valence-electron chi connectivity index (χ0n) is 11.0. The molecule has 0 unspecified atom stereocenters. The van der Waals surface area contributed by atoms with Gasteiger partial charge in [0.15, 0.2) is 0 Å². The van der Waals surface area contributed by atoms with Gasteiger partial charge in [-0.15, -0.1) is 0 Å². The second kappa shape index (κ2) is 5.22. The Balaban J connectivity index is 1.84. The molecule has 0 atom stereocenters. The van der Waals surface area contributed by atoms with E-state index >= 15 is 0 Å². The fourth-order valence-corrected chi connectivity index (χ4v) is 2.67. The number of hydrogen-bond donors (Lipinski definition) is 1. The Hall–Kier alpha value is -2.33. The molecule has 3 rings (SSSR count). The fourth-order valence-electron chi connectivity index (χ4n) is 2.48. The Kier molecular flexibility index (Phi) is 3.39. The van der Waals surface area contributed by atoms with Gasteiger partial charge in [0.05, 0.1) is 5.56 Å². The summed E-state index contributed by atoms with van der Waals surface area (Å²) in [6.45, 7) is 0.905. The summed E-state index contributed by atoms with van der Waals surface area (Å²) in [6, 6.07) is 11.8. The number of amides is 1.